The number of ether oxygens (including phenoxy) is 2. The first-order valence-corrected chi connectivity index (χ1v) is 11.8. The number of aromatic amines is 1. The summed E-state index contributed by atoms with van der Waals surface area (Å²) in [6, 6.07) is 14.7. The van der Waals surface area contributed by atoms with E-state index in [0.717, 1.165) is 28.7 Å². The Morgan fingerprint density at radius 1 is 1.08 bits per heavy atom. The summed E-state index contributed by atoms with van der Waals surface area (Å²) in [5.41, 5.74) is 3.63. The highest BCUT2D eigenvalue weighted by molar-refractivity contribution is 5.85. The van der Waals surface area contributed by atoms with E-state index in [1.165, 1.54) is 6.47 Å². The average Bonchev–Trinajstić information content (AvgIpc) is 3.42. The molecule has 3 aromatic rings. The van der Waals surface area contributed by atoms with Crippen LogP contribution in [0, 0.1) is 5.92 Å². The normalized spacial score (nSPS) is 11.7. The number of carbonyl (C=O) groups excluding carboxylic acids is 3. The second-order valence-corrected chi connectivity index (χ2v) is 8.62. The molecule has 0 aliphatic heterocycles. The molecular formula is C26H30N5O5. The minimum absolute atomic E-state index is 0.136. The van der Waals surface area contributed by atoms with Crippen molar-refractivity contribution in [3.8, 4) is 22.5 Å². The lowest BCUT2D eigenvalue weighted by Gasteiger charge is -2.33. The number of esters is 1. The van der Waals surface area contributed by atoms with E-state index in [-0.39, 0.29) is 18.4 Å². The van der Waals surface area contributed by atoms with Crippen LogP contribution in [0.2, 0.25) is 0 Å². The molecule has 0 unspecified atom stereocenters. The molecule has 1 heterocycles. The van der Waals surface area contributed by atoms with Gasteiger partial charge in [0.25, 0.3) is 0 Å². The van der Waals surface area contributed by atoms with Gasteiger partial charge < -0.3 is 14.4 Å². The van der Waals surface area contributed by atoms with E-state index in [1.807, 2.05) is 69.3 Å². The fourth-order valence-electron chi connectivity index (χ4n) is 3.97. The maximum atomic E-state index is 13.2. The van der Waals surface area contributed by atoms with Gasteiger partial charge in [0, 0.05) is 18.5 Å². The largest absolute Gasteiger partial charge is 0.426 e. The van der Waals surface area contributed by atoms with Crippen molar-refractivity contribution < 1.29 is 23.9 Å². The molecule has 1 N–H and O–H groups in total. The standard InChI is InChI=1S/C26H30N5O5/c1-4-5-10-23(33)31(24(18(2)3)26(34)36-17-35-16-32)15-19-11-13-20(14-12-19)21-8-6-7-9-22(21)25-27-29-30-28-25/h6-9,11-14,18,24H,4-5,10,15,17H2,1-3H3,(H,27,28,29,30)/t24-/m0/s1. The third kappa shape index (κ3) is 6.74. The molecule has 189 valence electrons. The molecule has 1 atom stereocenters. The van der Waals surface area contributed by atoms with Gasteiger partial charge in [0.2, 0.25) is 12.7 Å². The molecule has 0 saturated carbocycles. The minimum Gasteiger partial charge on any atom is -0.426 e. The Kier molecular flexibility index (Phi) is 9.67. The van der Waals surface area contributed by atoms with Gasteiger partial charge in [-0.25, -0.2) is 14.7 Å². The highest BCUT2D eigenvalue weighted by atomic mass is 16.7. The molecule has 1 radical (unpaired) electrons. The van der Waals surface area contributed by atoms with E-state index in [4.69, 9.17) is 4.74 Å². The Labute approximate surface area is 210 Å². The van der Waals surface area contributed by atoms with Gasteiger partial charge in [-0.15, -0.1) is 5.10 Å². The maximum Gasteiger partial charge on any atom is 0.420 e. The van der Waals surface area contributed by atoms with Crippen LogP contribution in [0.15, 0.2) is 48.5 Å². The second-order valence-electron chi connectivity index (χ2n) is 8.62. The van der Waals surface area contributed by atoms with Gasteiger partial charge in [-0.1, -0.05) is 75.7 Å². The second kappa shape index (κ2) is 13.1. The highest BCUT2D eigenvalue weighted by Gasteiger charge is 2.33. The molecule has 10 nitrogen and oxygen atoms in total. The smallest absolute Gasteiger partial charge is 0.420 e. The summed E-state index contributed by atoms with van der Waals surface area (Å²) in [5.74, 6) is -0.416. The molecule has 0 bridgehead atoms. The van der Waals surface area contributed by atoms with Gasteiger partial charge in [0.05, 0.1) is 0 Å². The number of hydrogen-bond donors (Lipinski definition) is 1. The lowest BCUT2D eigenvalue weighted by Crippen LogP contribution is -2.48. The van der Waals surface area contributed by atoms with E-state index in [2.05, 4.69) is 25.4 Å². The minimum atomic E-state index is -0.830. The number of unbranched alkanes of at least 4 members (excludes halogenated alkanes) is 1. The van der Waals surface area contributed by atoms with E-state index in [1.54, 1.807) is 4.90 Å². The van der Waals surface area contributed by atoms with Crippen molar-refractivity contribution >= 4 is 18.3 Å². The van der Waals surface area contributed by atoms with Crippen LogP contribution < -0.4 is 0 Å². The van der Waals surface area contributed by atoms with Crippen LogP contribution in [0.4, 0.5) is 0 Å². The zero-order valence-corrected chi connectivity index (χ0v) is 20.6. The van der Waals surface area contributed by atoms with Gasteiger partial charge in [0.15, 0.2) is 5.82 Å². The van der Waals surface area contributed by atoms with Crippen molar-refractivity contribution in [3.05, 3.63) is 54.1 Å². The molecular weight excluding hydrogens is 462 g/mol. The molecule has 3 rings (SSSR count). The topological polar surface area (TPSA) is 127 Å². The summed E-state index contributed by atoms with van der Waals surface area (Å²) in [6.45, 7) is 6.60. The van der Waals surface area contributed by atoms with E-state index in [0.29, 0.717) is 18.7 Å². The number of H-pyrrole nitrogens is 1. The number of nitrogens with one attached hydrogen (secondary N) is 1. The zero-order valence-electron chi connectivity index (χ0n) is 20.6. The molecule has 0 fully saturated rings. The highest BCUT2D eigenvalue weighted by Crippen LogP contribution is 2.30. The SMILES string of the molecule is CCCCC(=O)N(Cc1ccc(-c2ccccc2-c2nnn[nH]2)cc1)[C@H](C(=O)OCO[C]=O)C(C)C. The summed E-state index contributed by atoms with van der Waals surface area (Å²) in [5, 5.41) is 14.1. The van der Waals surface area contributed by atoms with Gasteiger partial charge >= 0.3 is 12.4 Å². The van der Waals surface area contributed by atoms with Crippen molar-refractivity contribution in [2.45, 2.75) is 52.6 Å². The van der Waals surface area contributed by atoms with Crippen molar-refractivity contribution in [2.24, 2.45) is 5.92 Å². The van der Waals surface area contributed by atoms with Crippen molar-refractivity contribution in [1.29, 1.82) is 0 Å². The van der Waals surface area contributed by atoms with Crippen molar-refractivity contribution in [1.82, 2.24) is 25.5 Å². The van der Waals surface area contributed by atoms with Gasteiger partial charge in [-0.2, -0.15) is 0 Å². The number of aromatic nitrogens is 4. The van der Waals surface area contributed by atoms with Crippen LogP contribution in [-0.2, 0) is 30.4 Å². The Hall–Kier alpha value is -4.08. The quantitative estimate of drug-likeness (QED) is 0.218. The molecule has 0 aliphatic rings. The number of amides is 1. The summed E-state index contributed by atoms with van der Waals surface area (Å²) >= 11 is 0. The Balaban J connectivity index is 1.86. The average molecular weight is 493 g/mol. The number of carbonyl (C=O) groups is 2. The first kappa shape index (κ1) is 26.5. The lowest BCUT2D eigenvalue weighted by atomic mass is 9.97. The number of rotatable bonds is 13. The molecule has 0 saturated heterocycles. The summed E-state index contributed by atoms with van der Waals surface area (Å²) in [7, 11) is 0. The third-order valence-corrected chi connectivity index (χ3v) is 5.74. The molecule has 0 aliphatic carbocycles. The van der Waals surface area contributed by atoms with Crippen LogP contribution in [0.25, 0.3) is 22.5 Å². The fraction of sp³-hybridized carbons (Fsp3) is 0.385. The number of tetrazole rings is 1. The van der Waals surface area contributed by atoms with Crippen LogP contribution in [0.1, 0.15) is 45.6 Å². The Morgan fingerprint density at radius 3 is 2.42 bits per heavy atom. The molecule has 1 aromatic heterocycles. The van der Waals surface area contributed by atoms with Crippen molar-refractivity contribution in [2.75, 3.05) is 6.79 Å². The van der Waals surface area contributed by atoms with Gasteiger partial charge in [-0.05, 0) is 39.5 Å². The van der Waals surface area contributed by atoms with E-state index < -0.39 is 18.8 Å². The van der Waals surface area contributed by atoms with Crippen molar-refractivity contribution in [3.63, 3.8) is 0 Å². The molecule has 1 amide bonds. The number of nitrogens with zero attached hydrogens (tertiary/aromatic N) is 4. The van der Waals surface area contributed by atoms with Crippen LogP contribution in [0.3, 0.4) is 0 Å². The lowest BCUT2D eigenvalue weighted by molar-refractivity contribution is -0.164. The molecule has 36 heavy (non-hydrogen) atoms. The third-order valence-electron chi connectivity index (χ3n) is 5.74. The summed E-state index contributed by atoms with van der Waals surface area (Å²) in [4.78, 5) is 37.8. The van der Waals surface area contributed by atoms with E-state index in [9.17, 15) is 14.4 Å². The molecule has 2 aromatic carbocycles. The first-order chi connectivity index (χ1) is 17.5. The predicted octanol–water partition coefficient (Wildman–Crippen LogP) is 3.66. The number of benzene rings is 2. The summed E-state index contributed by atoms with van der Waals surface area (Å²) in [6.07, 6.45) is 1.89. The van der Waals surface area contributed by atoms with Gasteiger partial charge in [0.1, 0.15) is 6.04 Å². The Morgan fingerprint density at radius 2 is 1.81 bits per heavy atom. The zero-order chi connectivity index (χ0) is 25.9. The Bertz CT molecular complexity index is 1130. The summed E-state index contributed by atoms with van der Waals surface area (Å²) < 4.78 is 9.45. The van der Waals surface area contributed by atoms with Crippen LogP contribution in [-0.4, -0.2) is 56.7 Å². The molecule has 10 heteroatoms. The monoisotopic (exact) mass is 492 g/mol. The maximum absolute atomic E-state index is 13.2. The van der Waals surface area contributed by atoms with Crippen LogP contribution >= 0.6 is 0 Å². The molecule has 0 spiro atoms. The van der Waals surface area contributed by atoms with Crippen LogP contribution in [0.5, 0.6) is 0 Å². The van der Waals surface area contributed by atoms with Gasteiger partial charge in [-0.3, -0.25) is 4.79 Å². The fourth-order valence-corrected chi connectivity index (χ4v) is 3.97. The van der Waals surface area contributed by atoms with E-state index >= 15 is 0 Å². The first-order valence-electron chi connectivity index (χ1n) is 11.8. The number of hydrogen-bond acceptors (Lipinski definition) is 8. The predicted molar refractivity (Wildman–Crippen MR) is 131 cm³/mol.